The second kappa shape index (κ2) is 5.51. The number of hydrogen-bond donors (Lipinski definition) is 0. The van der Waals surface area contributed by atoms with Gasteiger partial charge in [0.2, 0.25) is 11.7 Å². The highest BCUT2D eigenvalue weighted by atomic mass is 32.1. The Morgan fingerprint density at radius 1 is 1.39 bits per heavy atom. The lowest BCUT2D eigenvalue weighted by atomic mass is 10.00. The molecule has 0 N–H and O–H groups in total. The first-order valence-electron chi connectivity index (χ1n) is 7.05. The minimum atomic E-state index is -0.0433. The highest BCUT2D eigenvalue weighted by molar-refractivity contribution is 7.07. The van der Waals surface area contributed by atoms with Gasteiger partial charge in [0.05, 0.1) is 11.6 Å². The SMILES string of the molecule is Cc1nnsc1C(=O)N1CC(c2nc(-c3ccccn3)no2)C1. The number of aromatic nitrogens is 5. The van der Waals surface area contributed by atoms with E-state index in [1.807, 2.05) is 18.2 Å². The predicted molar refractivity (Wildman–Crippen MR) is 80.8 cm³/mol. The Morgan fingerprint density at radius 3 is 2.96 bits per heavy atom. The summed E-state index contributed by atoms with van der Waals surface area (Å²) in [5.74, 6) is 1.02. The summed E-state index contributed by atoms with van der Waals surface area (Å²) in [5.41, 5.74) is 1.33. The minimum Gasteiger partial charge on any atom is -0.338 e. The molecule has 4 heterocycles. The van der Waals surface area contributed by atoms with Crippen LogP contribution in [0.15, 0.2) is 28.9 Å². The number of hydrogen-bond acceptors (Lipinski definition) is 8. The van der Waals surface area contributed by atoms with E-state index in [4.69, 9.17) is 4.52 Å². The number of pyridine rings is 1. The molecular formula is C14H12N6O2S. The molecule has 1 fully saturated rings. The van der Waals surface area contributed by atoms with Gasteiger partial charge in [0.15, 0.2) is 0 Å². The quantitative estimate of drug-likeness (QED) is 0.719. The molecule has 4 rings (SSSR count). The van der Waals surface area contributed by atoms with E-state index in [9.17, 15) is 4.79 Å². The summed E-state index contributed by atoms with van der Waals surface area (Å²) in [7, 11) is 0. The normalized spacial score (nSPS) is 14.7. The van der Waals surface area contributed by atoms with E-state index >= 15 is 0 Å². The molecule has 0 unspecified atom stereocenters. The lowest BCUT2D eigenvalue weighted by Crippen LogP contribution is -2.48. The Kier molecular flexibility index (Phi) is 3.34. The highest BCUT2D eigenvalue weighted by Gasteiger charge is 2.37. The van der Waals surface area contributed by atoms with E-state index in [-0.39, 0.29) is 11.8 Å². The predicted octanol–water partition coefficient (Wildman–Crippen LogP) is 1.53. The zero-order chi connectivity index (χ0) is 15.8. The first-order valence-corrected chi connectivity index (χ1v) is 7.83. The van der Waals surface area contributed by atoms with Gasteiger partial charge < -0.3 is 9.42 Å². The molecule has 0 bridgehead atoms. The molecule has 0 saturated carbocycles. The van der Waals surface area contributed by atoms with E-state index in [2.05, 4.69) is 24.7 Å². The maximum atomic E-state index is 12.3. The van der Waals surface area contributed by atoms with Gasteiger partial charge in [-0.2, -0.15) is 4.98 Å². The van der Waals surface area contributed by atoms with Crippen LogP contribution in [0.4, 0.5) is 0 Å². The molecule has 9 heteroatoms. The van der Waals surface area contributed by atoms with Gasteiger partial charge >= 0.3 is 0 Å². The molecule has 8 nitrogen and oxygen atoms in total. The smallest absolute Gasteiger partial charge is 0.267 e. The van der Waals surface area contributed by atoms with Gasteiger partial charge in [-0.25, -0.2) is 0 Å². The van der Waals surface area contributed by atoms with Crippen molar-refractivity contribution >= 4 is 17.4 Å². The summed E-state index contributed by atoms with van der Waals surface area (Å²) in [6.07, 6.45) is 1.68. The third-order valence-corrected chi connectivity index (χ3v) is 4.52. The van der Waals surface area contributed by atoms with Gasteiger partial charge in [-0.15, -0.1) is 5.10 Å². The summed E-state index contributed by atoms with van der Waals surface area (Å²) in [6, 6.07) is 5.52. The fraction of sp³-hybridized carbons (Fsp3) is 0.286. The Labute approximate surface area is 135 Å². The van der Waals surface area contributed by atoms with Crippen molar-refractivity contribution in [2.45, 2.75) is 12.8 Å². The summed E-state index contributed by atoms with van der Waals surface area (Å²) >= 11 is 1.12. The van der Waals surface area contributed by atoms with E-state index in [0.717, 1.165) is 11.5 Å². The number of likely N-dealkylation sites (tertiary alicyclic amines) is 1. The largest absolute Gasteiger partial charge is 0.338 e. The molecule has 1 saturated heterocycles. The molecular weight excluding hydrogens is 316 g/mol. The Hall–Kier alpha value is -2.68. The zero-order valence-electron chi connectivity index (χ0n) is 12.2. The van der Waals surface area contributed by atoms with Crippen LogP contribution in [0.2, 0.25) is 0 Å². The van der Waals surface area contributed by atoms with E-state index < -0.39 is 0 Å². The maximum Gasteiger partial charge on any atom is 0.267 e. The molecule has 23 heavy (non-hydrogen) atoms. The number of rotatable bonds is 3. The number of carbonyl (C=O) groups excluding carboxylic acids is 1. The molecule has 1 amide bonds. The Balaban J connectivity index is 1.44. The third-order valence-electron chi connectivity index (χ3n) is 3.70. The number of amides is 1. The minimum absolute atomic E-state index is 0.0433. The summed E-state index contributed by atoms with van der Waals surface area (Å²) in [4.78, 5) is 23.2. The van der Waals surface area contributed by atoms with Gasteiger partial charge in [-0.1, -0.05) is 15.7 Å². The van der Waals surface area contributed by atoms with Crippen molar-refractivity contribution in [2.75, 3.05) is 13.1 Å². The van der Waals surface area contributed by atoms with Crippen molar-refractivity contribution in [3.8, 4) is 11.5 Å². The molecule has 116 valence electrons. The number of carbonyl (C=O) groups is 1. The lowest BCUT2D eigenvalue weighted by molar-refractivity contribution is 0.0573. The molecule has 0 spiro atoms. The first-order chi connectivity index (χ1) is 11.2. The van der Waals surface area contributed by atoms with Crippen LogP contribution in [0.5, 0.6) is 0 Å². The van der Waals surface area contributed by atoms with Crippen LogP contribution >= 0.6 is 11.5 Å². The Morgan fingerprint density at radius 2 is 2.26 bits per heavy atom. The molecule has 0 atom stereocenters. The zero-order valence-corrected chi connectivity index (χ0v) is 13.0. The molecule has 3 aromatic heterocycles. The van der Waals surface area contributed by atoms with Gasteiger partial charge in [0, 0.05) is 19.3 Å². The van der Waals surface area contributed by atoms with Gasteiger partial charge in [-0.05, 0) is 30.6 Å². The first kappa shape index (κ1) is 13.9. The highest BCUT2D eigenvalue weighted by Crippen LogP contribution is 2.29. The van der Waals surface area contributed by atoms with Crippen molar-refractivity contribution in [1.82, 2.24) is 29.6 Å². The van der Waals surface area contributed by atoms with Gasteiger partial charge in [-0.3, -0.25) is 9.78 Å². The molecule has 0 aromatic carbocycles. The number of aryl methyl sites for hydroxylation is 1. The van der Waals surface area contributed by atoms with Crippen molar-refractivity contribution in [3.63, 3.8) is 0 Å². The van der Waals surface area contributed by atoms with Crippen LogP contribution in [0.25, 0.3) is 11.5 Å². The second-order valence-corrected chi connectivity index (χ2v) is 6.02. The average Bonchev–Trinajstić information content (AvgIpc) is 3.16. The summed E-state index contributed by atoms with van der Waals surface area (Å²) in [5, 5.41) is 7.82. The monoisotopic (exact) mass is 328 g/mol. The van der Waals surface area contributed by atoms with Crippen molar-refractivity contribution in [3.05, 3.63) is 40.9 Å². The standard InChI is InChI=1S/C14H12N6O2S/c1-8-11(23-19-17-8)14(21)20-6-9(7-20)13-16-12(18-22-13)10-4-2-3-5-15-10/h2-5,9H,6-7H2,1H3. The van der Waals surface area contributed by atoms with Crippen molar-refractivity contribution in [1.29, 1.82) is 0 Å². The van der Waals surface area contributed by atoms with Crippen molar-refractivity contribution < 1.29 is 9.32 Å². The fourth-order valence-corrected chi connectivity index (χ4v) is 3.00. The third kappa shape index (κ3) is 2.48. The molecule has 0 aliphatic carbocycles. The fourth-order valence-electron chi connectivity index (χ4n) is 2.37. The number of nitrogens with zero attached hydrogens (tertiary/aromatic N) is 6. The van der Waals surface area contributed by atoms with E-state index in [1.165, 1.54) is 0 Å². The van der Waals surface area contributed by atoms with Crippen LogP contribution in [0.1, 0.15) is 27.2 Å². The van der Waals surface area contributed by atoms with Crippen LogP contribution < -0.4 is 0 Å². The molecule has 0 radical (unpaired) electrons. The molecule has 1 aliphatic heterocycles. The molecule has 1 aliphatic rings. The van der Waals surface area contributed by atoms with E-state index in [0.29, 0.717) is 41.1 Å². The van der Waals surface area contributed by atoms with Gasteiger partial charge in [0.25, 0.3) is 5.91 Å². The second-order valence-electron chi connectivity index (χ2n) is 5.27. The summed E-state index contributed by atoms with van der Waals surface area (Å²) in [6.45, 7) is 2.89. The summed E-state index contributed by atoms with van der Waals surface area (Å²) < 4.78 is 9.10. The van der Waals surface area contributed by atoms with E-state index in [1.54, 1.807) is 18.0 Å². The van der Waals surface area contributed by atoms with Crippen LogP contribution in [0, 0.1) is 6.92 Å². The molecule has 3 aromatic rings. The van der Waals surface area contributed by atoms with Gasteiger partial charge in [0.1, 0.15) is 10.6 Å². The average molecular weight is 328 g/mol. The van der Waals surface area contributed by atoms with Crippen LogP contribution in [0.3, 0.4) is 0 Å². The van der Waals surface area contributed by atoms with Crippen LogP contribution in [-0.2, 0) is 0 Å². The van der Waals surface area contributed by atoms with Crippen molar-refractivity contribution in [2.24, 2.45) is 0 Å². The maximum absolute atomic E-state index is 12.3. The van der Waals surface area contributed by atoms with Crippen LogP contribution in [-0.4, -0.2) is 48.6 Å². The topological polar surface area (TPSA) is 97.9 Å². The Bertz CT molecular complexity index is 840. The lowest BCUT2D eigenvalue weighted by Gasteiger charge is -2.36.